The highest BCUT2D eigenvalue weighted by molar-refractivity contribution is 5.97. The van der Waals surface area contributed by atoms with E-state index in [1.807, 2.05) is 35.0 Å². The molecule has 0 fully saturated rings. The molecule has 0 aliphatic heterocycles. The molecule has 0 unspecified atom stereocenters. The normalized spacial score (nSPS) is 10.6. The summed E-state index contributed by atoms with van der Waals surface area (Å²) >= 11 is 0. The Morgan fingerprint density at radius 3 is 2.65 bits per heavy atom. The molecule has 3 heterocycles. The number of carbonyl (C=O) groups is 1. The first-order chi connectivity index (χ1) is 12.8. The number of amides is 1. The predicted molar refractivity (Wildman–Crippen MR) is 93.9 cm³/mol. The average molecular weight is 345 g/mol. The van der Waals surface area contributed by atoms with E-state index in [9.17, 15) is 4.79 Å². The lowest BCUT2D eigenvalue weighted by molar-refractivity contribution is 0.0950. The van der Waals surface area contributed by atoms with Crippen LogP contribution >= 0.6 is 0 Å². The zero-order chi connectivity index (χ0) is 17.8. The average Bonchev–Trinajstić information content (AvgIpc) is 3.40. The summed E-state index contributed by atoms with van der Waals surface area (Å²) in [5.41, 5.74) is 2.44. The van der Waals surface area contributed by atoms with E-state index in [2.05, 4.69) is 25.4 Å². The summed E-state index contributed by atoms with van der Waals surface area (Å²) in [6.45, 7) is 0.411. The molecule has 0 aliphatic rings. The molecule has 3 aromatic heterocycles. The van der Waals surface area contributed by atoms with Crippen LogP contribution in [0.5, 0.6) is 0 Å². The van der Waals surface area contributed by atoms with Crippen molar-refractivity contribution in [1.29, 1.82) is 0 Å². The summed E-state index contributed by atoms with van der Waals surface area (Å²) in [6, 6.07) is 11.3. The second-order valence-electron chi connectivity index (χ2n) is 5.53. The molecule has 26 heavy (non-hydrogen) atoms. The molecule has 4 aromatic rings. The summed E-state index contributed by atoms with van der Waals surface area (Å²) in [5, 5.41) is 6.95. The fourth-order valence-electron chi connectivity index (χ4n) is 2.55. The van der Waals surface area contributed by atoms with Crippen LogP contribution in [0.2, 0.25) is 0 Å². The number of hydrogen-bond acceptors (Lipinski definition) is 5. The standard InChI is InChI=1S/C18H15N7O/c26-18(16-2-1-7-21-17(16)25-13-20-11-23-25)22-10-14-3-5-15(6-4-14)24-9-8-19-12-24/h1-9,11-13H,10H2,(H,22,26). The quantitative estimate of drug-likeness (QED) is 0.595. The van der Waals surface area contributed by atoms with Gasteiger partial charge in [-0.05, 0) is 29.8 Å². The van der Waals surface area contributed by atoms with E-state index < -0.39 is 0 Å². The topological polar surface area (TPSA) is 90.5 Å². The van der Waals surface area contributed by atoms with Gasteiger partial charge in [0.2, 0.25) is 0 Å². The van der Waals surface area contributed by atoms with Crippen molar-refractivity contribution in [3.63, 3.8) is 0 Å². The Balaban J connectivity index is 1.46. The number of aromatic nitrogens is 6. The lowest BCUT2D eigenvalue weighted by Gasteiger charge is -2.09. The largest absolute Gasteiger partial charge is 0.348 e. The minimum Gasteiger partial charge on any atom is -0.348 e. The molecule has 1 amide bonds. The summed E-state index contributed by atoms with van der Waals surface area (Å²) in [6.07, 6.45) is 9.87. The highest BCUT2D eigenvalue weighted by Crippen LogP contribution is 2.11. The molecule has 1 N–H and O–H groups in total. The van der Waals surface area contributed by atoms with Gasteiger partial charge >= 0.3 is 0 Å². The van der Waals surface area contributed by atoms with Gasteiger partial charge in [-0.3, -0.25) is 4.79 Å². The molecule has 4 rings (SSSR count). The molecule has 8 nitrogen and oxygen atoms in total. The number of nitrogens with one attached hydrogen (secondary N) is 1. The van der Waals surface area contributed by atoms with Gasteiger partial charge in [0.05, 0.1) is 11.9 Å². The van der Waals surface area contributed by atoms with Crippen molar-refractivity contribution in [1.82, 2.24) is 34.6 Å². The zero-order valence-electron chi connectivity index (χ0n) is 13.7. The Morgan fingerprint density at radius 2 is 1.92 bits per heavy atom. The van der Waals surface area contributed by atoms with Crippen LogP contribution in [0.3, 0.4) is 0 Å². The number of rotatable bonds is 5. The first-order valence-corrected chi connectivity index (χ1v) is 7.97. The van der Waals surface area contributed by atoms with E-state index >= 15 is 0 Å². The molecular formula is C18H15N7O. The maximum absolute atomic E-state index is 12.6. The van der Waals surface area contributed by atoms with Crippen LogP contribution in [0.25, 0.3) is 11.5 Å². The SMILES string of the molecule is O=C(NCc1ccc(-n2ccnc2)cc1)c1cccnc1-n1cncn1. The van der Waals surface area contributed by atoms with Crippen LogP contribution in [0.4, 0.5) is 0 Å². The van der Waals surface area contributed by atoms with Crippen molar-refractivity contribution >= 4 is 5.91 Å². The molecule has 1 aromatic carbocycles. The first-order valence-electron chi connectivity index (χ1n) is 7.97. The van der Waals surface area contributed by atoms with Crippen LogP contribution in [-0.4, -0.2) is 35.2 Å². The van der Waals surface area contributed by atoms with Crippen LogP contribution in [-0.2, 0) is 6.54 Å². The molecule has 8 heteroatoms. The molecule has 0 aliphatic carbocycles. The van der Waals surface area contributed by atoms with Crippen molar-refractivity contribution in [2.75, 3.05) is 0 Å². The lowest BCUT2D eigenvalue weighted by atomic mass is 10.2. The van der Waals surface area contributed by atoms with Gasteiger partial charge < -0.3 is 9.88 Å². The van der Waals surface area contributed by atoms with Gasteiger partial charge in [-0.25, -0.2) is 19.6 Å². The maximum Gasteiger partial charge on any atom is 0.255 e. The highest BCUT2D eigenvalue weighted by atomic mass is 16.1. The van der Waals surface area contributed by atoms with E-state index in [4.69, 9.17) is 0 Å². The molecule has 0 saturated heterocycles. The monoisotopic (exact) mass is 345 g/mol. The third kappa shape index (κ3) is 3.20. The first kappa shape index (κ1) is 15.7. The summed E-state index contributed by atoms with van der Waals surface area (Å²) in [7, 11) is 0. The highest BCUT2D eigenvalue weighted by Gasteiger charge is 2.14. The third-order valence-corrected chi connectivity index (χ3v) is 3.86. The number of carbonyl (C=O) groups excluding carboxylic acids is 1. The molecule has 0 saturated carbocycles. The summed E-state index contributed by atoms with van der Waals surface area (Å²) in [4.78, 5) is 24.7. The van der Waals surface area contributed by atoms with Gasteiger partial charge in [0, 0.05) is 30.8 Å². The number of hydrogen-bond donors (Lipinski definition) is 1. The zero-order valence-corrected chi connectivity index (χ0v) is 13.7. The molecule has 128 valence electrons. The van der Waals surface area contributed by atoms with Crippen molar-refractivity contribution in [2.24, 2.45) is 0 Å². The Morgan fingerprint density at radius 1 is 1.04 bits per heavy atom. The molecular weight excluding hydrogens is 330 g/mol. The second-order valence-corrected chi connectivity index (χ2v) is 5.53. The van der Waals surface area contributed by atoms with Gasteiger partial charge in [-0.15, -0.1) is 0 Å². The predicted octanol–water partition coefficient (Wildman–Crippen LogP) is 1.78. The minimum atomic E-state index is -0.220. The smallest absolute Gasteiger partial charge is 0.255 e. The Hall–Kier alpha value is -3.81. The van der Waals surface area contributed by atoms with Crippen LogP contribution in [0.15, 0.2) is 74.0 Å². The van der Waals surface area contributed by atoms with Crippen molar-refractivity contribution in [2.45, 2.75) is 6.54 Å². The van der Waals surface area contributed by atoms with Crippen LogP contribution in [0.1, 0.15) is 15.9 Å². The maximum atomic E-state index is 12.6. The number of nitrogens with zero attached hydrogens (tertiary/aromatic N) is 6. The number of benzene rings is 1. The molecule has 0 spiro atoms. The fourth-order valence-corrected chi connectivity index (χ4v) is 2.55. The van der Waals surface area contributed by atoms with Crippen LogP contribution in [0, 0.1) is 0 Å². The minimum absolute atomic E-state index is 0.220. The summed E-state index contributed by atoms with van der Waals surface area (Å²) in [5.74, 6) is 0.222. The van der Waals surface area contributed by atoms with Gasteiger partial charge in [0.1, 0.15) is 12.7 Å². The lowest BCUT2D eigenvalue weighted by Crippen LogP contribution is -2.24. The second kappa shape index (κ2) is 6.98. The van der Waals surface area contributed by atoms with Crippen molar-refractivity contribution in [3.8, 4) is 11.5 Å². The number of pyridine rings is 1. The molecule has 0 atom stereocenters. The van der Waals surface area contributed by atoms with Crippen molar-refractivity contribution in [3.05, 3.63) is 85.1 Å². The van der Waals surface area contributed by atoms with Gasteiger partial charge in [0.15, 0.2) is 5.82 Å². The Kier molecular flexibility index (Phi) is 4.21. The van der Waals surface area contributed by atoms with E-state index in [1.165, 1.54) is 17.3 Å². The Labute approximate surface area is 149 Å². The molecule has 0 radical (unpaired) electrons. The molecule has 0 bridgehead atoms. The van der Waals surface area contributed by atoms with Crippen LogP contribution < -0.4 is 5.32 Å². The van der Waals surface area contributed by atoms with Gasteiger partial charge in [-0.1, -0.05) is 12.1 Å². The summed E-state index contributed by atoms with van der Waals surface area (Å²) < 4.78 is 3.39. The van der Waals surface area contributed by atoms with Gasteiger partial charge in [-0.2, -0.15) is 5.10 Å². The van der Waals surface area contributed by atoms with E-state index in [0.717, 1.165) is 11.3 Å². The van der Waals surface area contributed by atoms with Gasteiger partial charge in [0.25, 0.3) is 5.91 Å². The third-order valence-electron chi connectivity index (χ3n) is 3.86. The van der Waals surface area contributed by atoms with E-state index in [1.54, 1.807) is 30.9 Å². The number of imidazole rings is 1. The fraction of sp³-hybridized carbons (Fsp3) is 0.0556. The van der Waals surface area contributed by atoms with E-state index in [0.29, 0.717) is 17.9 Å². The van der Waals surface area contributed by atoms with Crippen molar-refractivity contribution < 1.29 is 4.79 Å². The van der Waals surface area contributed by atoms with E-state index in [-0.39, 0.29) is 5.91 Å². The Bertz CT molecular complexity index is 992.